The number of carbonyl (C=O) groups is 7. The van der Waals surface area contributed by atoms with Gasteiger partial charge >= 0.3 is 18.2 Å². The maximum Gasteiger partial charge on any atom is 0.407 e. The monoisotopic (exact) mass is 802 g/mol. The van der Waals surface area contributed by atoms with Crippen LogP contribution in [-0.2, 0) is 38.2 Å². The van der Waals surface area contributed by atoms with Gasteiger partial charge in [-0.3, -0.25) is 19.2 Å². The van der Waals surface area contributed by atoms with Crippen molar-refractivity contribution in [3.8, 4) is 0 Å². The maximum absolute atomic E-state index is 14.0. The van der Waals surface area contributed by atoms with Gasteiger partial charge < -0.3 is 57.0 Å². The highest BCUT2D eigenvalue weighted by molar-refractivity contribution is 5.95. The third-order valence-electron chi connectivity index (χ3n) is 7.44. The Labute approximate surface area is 332 Å². The predicted molar refractivity (Wildman–Crippen MR) is 210 cm³/mol. The molecular weight excluding hydrogens is 730 g/mol. The molecule has 18 heteroatoms. The van der Waals surface area contributed by atoms with Crippen LogP contribution >= 0.6 is 0 Å². The molecular formula is C38H71N7O11. The second-order valence-corrected chi connectivity index (χ2v) is 17.7. The fourth-order valence-electron chi connectivity index (χ4n) is 5.20. The zero-order valence-electron chi connectivity index (χ0n) is 36.0. The number of ether oxygens (including phenoxy) is 3. The van der Waals surface area contributed by atoms with Crippen LogP contribution in [0.1, 0.15) is 123 Å². The molecule has 6 amide bonds. The molecule has 0 radical (unpaired) electrons. The highest BCUT2D eigenvalue weighted by Gasteiger charge is 2.35. The second-order valence-electron chi connectivity index (χ2n) is 17.7. The van der Waals surface area contributed by atoms with Crippen LogP contribution in [0.25, 0.3) is 0 Å². The third kappa shape index (κ3) is 23.7. The molecule has 0 heterocycles. The van der Waals surface area contributed by atoms with Gasteiger partial charge in [-0.1, -0.05) is 27.7 Å². The standard InChI is InChI=1S/C38H71N7O11/c1-21(2)19-24(39)29(46)44-27(20-22(3)4)32(49)43-25(15-17-40-34(52)55-37(9,10)11)30(47)42-26(16-18-41-35(53)56-38(12,13)14)31(48)45-28(33(50)51)23(5)54-36(6,7)8/h21-28H,15-20,39H2,1-14H3,(H,40,52)(H,41,53)(H,42,47)(H,43,49)(H,44,46)(H,45,48)(H,50,51)/t23-,24-,25+,26+,27+,28+/m1/s1. The lowest BCUT2D eigenvalue weighted by Gasteiger charge is -2.31. The first-order chi connectivity index (χ1) is 25.4. The first kappa shape index (κ1) is 51.8. The van der Waals surface area contributed by atoms with Crippen LogP contribution in [0.4, 0.5) is 9.59 Å². The van der Waals surface area contributed by atoms with Gasteiger partial charge in [0.25, 0.3) is 0 Å². The molecule has 6 atom stereocenters. The van der Waals surface area contributed by atoms with Gasteiger partial charge in [-0.25, -0.2) is 14.4 Å². The molecule has 0 aromatic carbocycles. The first-order valence-corrected chi connectivity index (χ1v) is 19.2. The Morgan fingerprint density at radius 3 is 1.29 bits per heavy atom. The van der Waals surface area contributed by atoms with E-state index in [9.17, 15) is 38.7 Å². The molecule has 0 bridgehead atoms. The van der Waals surface area contributed by atoms with Crippen LogP contribution in [0.15, 0.2) is 0 Å². The van der Waals surface area contributed by atoms with Crippen molar-refractivity contribution in [2.24, 2.45) is 17.6 Å². The summed E-state index contributed by atoms with van der Waals surface area (Å²) in [5.74, 6) is -4.39. The van der Waals surface area contributed by atoms with Gasteiger partial charge in [-0.15, -0.1) is 0 Å². The molecule has 324 valence electrons. The van der Waals surface area contributed by atoms with Crippen molar-refractivity contribution in [3.63, 3.8) is 0 Å². The Balaban J connectivity index is 6.60. The number of hydrogen-bond acceptors (Lipinski definition) is 11. The topological polar surface area (TPSA) is 266 Å². The van der Waals surface area contributed by atoms with Gasteiger partial charge in [-0.05, 0) is 107 Å². The second kappa shape index (κ2) is 23.1. The summed E-state index contributed by atoms with van der Waals surface area (Å²) in [5, 5.41) is 25.4. The van der Waals surface area contributed by atoms with E-state index in [1.807, 2.05) is 27.7 Å². The van der Waals surface area contributed by atoms with Crippen molar-refractivity contribution in [1.29, 1.82) is 0 Å². The molecule has 0 fully saturated rings. The summed E-state index contributed by atoms with van der Waals surface area (Å²) < 4.78 is 16.3. The fraction of sp³-hybridized carbons (Fsp3) is 0.816. The highest BCUT2D eigenvalue weighted by atomic mass is 16.6. The lowest BCUT2D eigenvalue weighted by molar-refractivity contribution is -0.150. The predicted octanol–water partition coefficient (Wildman–Crippen LogP) is 2.46. The molecule has 0 saturated carbocycles. The minimum Gasteiger partial charge on any atom is -0.480 e. The van der Waals surface area contributed by atoms with Crippen molar-refractivity contribution in [2.75, 3.05) is 13.1 Å². The smallest absolute Gasteiger partial charge is 0.407 e. The van der Waals surface area contributed by atoms with Gasteiger partial charge in [0, 0.05) is 13.1 Å². The summed E-state index contributed by atoms with van der Waals surface area (Å²) in [6, 6.07) is -6.33. The molecule has 0 aliphatic rings. The SMILES string of the molecule is CC(C)C[C@@H](N)C(=O)N[C@@H](CC(C)C)C(=O)N[C@@H](CCNC(=O)OC(C)(C)C)C(=O)N[C@@H](CCNC(=O)OC(C)(C)C)C(=O)N[C@H](C(=O)O)[C@@H](C)OC(C)(C)C. The number of carboxylic acid groups (broad SMARTS) is 1. The van der Waals surface area contributed by atoms with Crippen LogP contribution in [0, 0.1) is 11.8 Å². The molecule has 18 nitrogen and oxygen atoms in total. The van der Waals surface area contributed by atoms with Crippen molar-refractivity contribution >= 4 is 41.8 Å². The molecule has 56 heavy (non-hydrogen) atoms. The number of nitrogens with two attached hydrogens (primary N) is 1. The van der Waals surface area contributed by atoms with Crippen LogP contribution in [-0.4, -0.2) is 113 Å². The summed E-state index contributed by atoms with van der Waals surface area (Å²) >= 11 is 0. The van der Waals surface area contributed by atoms with E-state index < -0.39 is 94.9 Å². The lowest BCUT2D eigenvalue weighted by Crippen LogP contribution is -2.60. The summed E-state index contributed by atoms with van der Waals surface area (Å²) in [6.45, 7) is 23.8. The third-order valence-corrected chi connectivity index (χ3v) is 7.44. The highest BCUT2D eigenvalue weighted by Crippen LogP contribution is 2.14. The minimum atomic E-state index is -1.53. The van der Waals surface area contributed by atoms with Gasteiger partial charge in [0.15, 0.2) is 6.04 Å². The average Bonchev–Trinajstić information content (AvgIpc) is 2.98. The van der Waals surface area contributed by atoms with Crippen LogP contribution < -0.4 is 37.6 Å². The molecule has 0 aromatic heterocycles. The molecule has 9 N–H and O–H groups in total. The normalized spacial score (nSPS) is 15.3. The van der Waals surface area contributed by atoms with E-state index in [4.69, 9.17) is 19.9 Å². The van der Waals surface area contributed by atoms with Gasteiger partial charge in [0.1, 0.15) is 29.3 Å². The van der Waals surface area contributed by atoms with E-state index >= 15 is 0 Å². The summed E-state index contributed by atoms with van der Waals surface area (Å²) in [6.07, 6.45) is -2.41. The number of amides is 6. The number of carbonyl (C=O) groups excluding carboxylic acids is 6. The molecule has 0 unspecified atom stereocenters. The number of carboxylic acids is 1. The van der Waals surface area contributed by atoms with Crippen molar-refractivity contribution in [1.82, 2.24) is 31.9 Å². The molecule has 0 rings (SSSR count). The molecule has 0 aliphatic carbocycles. The number of rotatable bonds is 21. The van der Waals surface area contributed by atoms with Crippen LogP contribution in [0.3, 0.4) is 0 Å². The van der Waals surface area contributed by atoms with Gasteiger partial charge in [-0.2, -0.15) is 0 Å². The number of alkyl carbamates (subject to hydrolysis) is 2. The van der Waals surface area contributed by atoms with E-state index in [1.165, 1.54) is 6.92 Å². The van der Waals surface area contributed by atoms with Crippen molar-refractivity contribution in [3.05, 3.63) is 0 Å². The molecule has 0 aromatic rings. The number of hydrogen-bond donors (Lipinski definition) is 8. The molecule has 0 aliphatic heterocycles. The van der Waals surface area contributed by atoms with E-state index in [0.29, 0.717) is 6.42 Å². The maximum atomic E-state index is 14.0. The average molecular weight is 802 g/mol. The van der Waals surface area contributed by atoms with Gasteiger partial charge in [0.2, 0.25) is 23.6 Å². The Kier molecular flexibility index (Phi) is 21.4. The van der Waals surface area contributed by atoms with E-state index in [-0.39, 0.29) is 44.2 Å². The Hall–Kier alpha value is -4.19. The van der Waals surface area contributed by atoms with Crippen LogP contribution in [0.2, 0.25) is 0 Å². The van der Waals surface area contributed by atoms with E-state index in [2.05, 4.69) is 31.9 Å². The number of aliphatic carboxylic acids is 1. The minimum absolute atomic E-state index is 0.0640. The van der Waals surface area contributed by atoms with Crippen molar-refractivity contribution in [2.45, 2.75) is 176 Å². The Morgan fingerprint density at radius 2 is 0.929 bits per heavy atom. The quantitative estimate of drug-likeness (QED) is 0.0833. The van der Waals surface area contributed by atoms with Gasteiger partial charge in [0.05, 0.1) is 17.7 Å². The number of nitrogens with one attached hydrogen (secondary N) is 6. The van der Waals surface area contributed by atoms with E-state index in [1.54, 1.807) is 62.3 Å². The zero-order valence-corrected chi connectivity index (χ0v) is 36.0. The Morgan fingerprint density at radius 1 is 0.554 bits per heavy atom. The van der Waals surface area contributed by atoms with Crippen molar-refractivity contribution < 1.29 is 52.9 Å². The largest absolute Gasteiger partial charge is 0.480 e. The fourth-order valence-corrected chi connectivity index (χ4v) is 5.20. The zero-order chi connectivity index (χ0) is 43.8. The summed E-state index contributed by atoms with van der Waals surface area (Å²) in [7, 11) is 0. The summed E-state index contributed by atoms with van der Waals surface area (Å²) in [5.41, 5.74) is 3.69. The molecule has 0 spiro atoms. The summed E-state index contributed by atoms with van der Waals surface area (Å²) in [4.78, 5) is 91.5. The first-order valence-electron chi connectivity index (χ1n) is 19.2. The lowest BCUT2D eigenvalue weighted by atomic mass is 10.00. The molecule has 0 saturated heterocycles. The van der Waals surface area contributed by atoms with Crippen LogP contribution in [0.5, 0.6) is 0 Å². The van der Waals surface area contributed by atoms with E-state index in [0.717, 1.165) is 0 Å². The Bertz CT molecular complexity index is 1320.